The third kappa shape index (κ3) is 3.96. The number of anilines is 1. The van der Waals surface area contributed by atoms with Crippen LogP contribution in [0.1, 0.15) is 41.3 Å². The van der Waals surface area contributed by atoms with Crippen molar-refractivity contribution in [3.05, 3.63) is 82.0 Å². The fourth-order valence-corrected chi connectivity index (χ4v) is 6.30. The van der Waals surface area contributed by atoms with Crippen LogP contribution < -0.4 is 15.8 Å². The summed E-state index contributed by atoms with van der Waals surface area (Å²) in [6, 6.07) is 21.0. The molecule has 1 aromatic heterocycles. The standard InChI is InChI=1S/C27H30N6OS/c1-32-16-12-22(13-17-32)34-21-9-7-20(8-10-21)27(25-23(14-18-35-25)30-26(28)31-27)33-24(11-15-29-33)19-5-3-2-4-6-19/h2-10,14-15,18,22,24H,11-13,16-17H2,1H3,(H3,28,30,31). The van der Waals surface area contributed by atoms with E-state index in [0.717, 1.165) is 54.2 Å². The van der Waals surface area contributed by atoms with Crippen LogP contribution in [0.2, 0.25) is 0 Å². The van der Waals surface area contributed by atoms with Crippen molar-refractivity contribution in [2.45, 2.75) is 37.1 Å². The Kier molecular flexibility index (Phi) is 5.70. The molecule has 1 saturated heterocycles. The number of hydrogen-bond donors (Lipinski definition) is 2. The molecule has 2 atom stereocenters. The van der Waals surface area contributed by atoms with E-state index < -0.39 is 5.66 Å². The molecule has 0 bridgehead atoms. The summed E-state index contributed by atoms with van der Waals surface area (Å²) in [4.78, 5) is 8.50. The lowest BCUT2D eigenvalue weighted by molar-refractivity contribution is 0.0985. The highest BCUT2D eigenvalue weighted by Gasteiger charge is 2.49. The van der Waals surface area contributed by atoms with E-state index in [1.165, 1.54) is 5.56 Å². The maximum absolute atomic E-state index is 6.37. The van der Waals surface area contributed by atoms with Crippen LogP contribution >= 0.6 is 11.3 Å². The van der Waals surface area contributed by atoms with Crippen molar-refractivity contribution >= 4 is 29.2 Å². The molecule has 2 unspecified atom stereocenters. The van der Waals surface area contributed by atoms with Crippen LogP contribution in [0.3, 0.4) is 0 Å². The molecule has 3 aliphatic heterocycles. The van der Waals surface area contributed by atoms with Crippen molar-refractivity contribution < 1.29 is 4.74 Å². The first-order valence-electron chi connectivity index (χ1n) is 12.2. The number of ether oxygens (including phenoxy) is 1. The van der Waals surface area contributed by atoms with Crippen LogP contribution in [0.15, 0.2) is 76.1 Å². The van der Waals surface area contributed by atoms with Gasteiger partial charge in [0.15, 0.2) is 5.96 Å². The Labute approximate surface area is 209 Å². The van der Waals surface area contributed by atoms with Gasteiger partial charge in [0.05, 0.1) is 16.6 Å². The number of benzene rings is 2. The predicted octanol–water partition coefficient (Wildman–Crippen LogP) is 4.60. The molecule has 3 aromatic rings. The Bertz CT molecular complexity index is 1230. The first kappa shape index (κ1) is 22.1. The molecule has 0 aliphatic carbocycles. The number of nitrogens with two attached hydrogens (primary N) is 1. The van der Waals surface area contributed by atoms with Crippen molar-refractivity contribution in [2.75, 3.05) is 25.5 Å². The van der Waals surface area contributed by atoms with E-state index in [0.29, 0.717) is 5.96 Å². The molecule has 2 aromatic carbocycles. The van der Waals surface area contributed by atoms with Crippen LogP contribution in [-0.4, -0.2) is 48.3 Å². The topological polar surface area (TPSA) is 78.5 Å². The minimum Gasteiger partial charge on any atom is -0.490 e. The largest absolute Gasteiger partial charge is 0.490 e. The summed E-state index contributed by atoms with van der Waals surface area (Å²) in [6.45, 7) is 2.14. The highest BCUT2D eigenvalue weighted by atomic mass is 32.1. The fraction of sp³-hybridized carbons (Fsp3) is 0.333. The summed E-state index contributed by atoms with van der Waals surface area (Å²) < 4.78 is 6.33. The van der Waals surface area contributed by atoms with Gasteiger partial charge in [-0.15, -0.1) is 11.3 Å². The van der Waals surface area contributed by atoms with Gasteiger partial charge in [-0.3, -0.25) is 5.01 Å². The lowest BCUT2D eigenvalue weighted by atomic mass is 9.92. The number of thiophene rings is 1. The zero-order valence-corrected chi connectivity index (χ0v) is 20.6. The summed E-state index contributed by atoms with van der Waals surface area (Å²) in [5, 5.41) is 12.3. The van der Waals surface area contributed by atoms with E-state index in [-0.39, 0.29) is 12.1 Å². The van der Waals surface area contributed by atoms with Gasteiger partial charge in [0.2, 0.25) is 5.66 Å². The van der Waals surface area contributed by atoms with Gasteiger partial charge in [0.1, 0.15) is 11.9 Å². The van der Waals surface area contributed by atoms with Crippen LogP contribution in [0.5, 0.6) is 5.75 Å². The van der Waals surface area contributed by atoms with Gasteiger partial charge in [0, 0.05) is 31.3 Å². The van der Waals surface area contributed by atoms with E-state index in [2.05, 4.69) is 82.3 Å². The molecule has 0 radical (unpaired) electrons. The summed E-state index contributed by atoms with van der Waals surface area (Å²) in [5.41, 5.74) is 8.71. The van der Waals surface area contributed by atoms with Gasteiger partial charge < -0.3 is 20.7 Å². The SMILES string of the molecule is CN1CCC(Oc2ccc(C3(N4N=CCC4c4ccccc4)N=C(N)Nc4ccsc43)cc2)CC1. The lowest BCUT2D eigenvalue weighted by Crippen LogP contribution is -2.47. The number of hydrazone groups is 1. The predicted molar refractivity (Wildman–Crippen MR) is 142 cm³/mol. The number of aliphatic imine (C=N–C) groups is 1. The van der Waals surface area contributed by atoms with Crippen molar-refractivity contribution in [2.24, 2.45) is 15.8 Å². The minimum atomic E-state index is -0.863. The Morgan fingerprint density at radius 2 is 1.83 bits per heavy atom. The lowest BCUT2D eigenvalue weighted by Gasteiger charge is -2.43. The van der Waals surface area contributed by atoms with Gasteiger partial charge in [0.25, 0.3) is 0 Å². The minimum absolute atomic E-state index is 0.0518. The smallest absolute Gasteiger partial charge is 0.214 e. The maximum Gasteiger partial charge on any atom is 0.214 e. The first-order valence-corrected chi connectivity index (χ1v) is 13.0. The Morgan fingerprint density at radius 3 is 2.60 bits per heavy atom. The van der Waals surface area contributed by atoms with E-state index in [9.17, 15) is 0 Å². The fourth-order valence-electron chi connectivity index (χ4n) is 5.29. The number of nitrogens with zero attached hydrogens (tertiary/aromatic N) is 4. The van der Waals surface area contributed by atoms with Gasteiger partial charge in [-0.05, 0) is 49.0 Å². The number of piperidine rings is 1. The molecule has 180 valence electrons. The second-order valence-electron chi connectivity index (χ2n) is 9.41. The van der Waals surface area contributed by atoms with E-state index in [1.807, 2.05) is 12.3 Å². The van der Waals surface area contributed by atoms with Crippen LogP contribution in [-0.2, 0) is 5.66 Å². The number of guanidine groups is 1. The molecular formula is C27H30N6OS. The second-order valence-corrected chi connectivity index (χ2v) is 10.3. The number of fused-ring (bicyclic) bond motifs is 1. The first-order chi connectivity index (χ1) is 17.1. The van der Waals surface area contributed by atoms with E-state index in [4.69, 9.17) is 20.6 Å². The molecule has 8 heteroatoms. The van der Waals surface area contributed by atoms with Gasteiger partial charge in [-0.25, -0.2) is 4.99 Å². The van der Waals surface area contributed by atoms with Gasteiger partial charge >= 0.3 is 0 Å². The Morgan fingerprint density at radius 1 is 1.06 bits per heavy atom. The van der Waals surface area contributed by atoms with Crippen LogP contribution in [0.4, 0.5) is 5.69 Å². The molecule has 3 aliphatic rings. The van der Waals surface area contributed by atoms with Crippen LogP contribution in [0.25, 0.3) is 0 Å². The third-order valence-corrected chi connectivity index (χ3v) is 8.11. The van der Waals surface area contributed by atoms with Crippen molar-refractivity contribution in [3.63, 3.8) is 0 Å². The highest BCUT2D eigenvalue weighted by Crippen LogP contribution is 2.51. The third-order valence-electron chi connectivity index (χ3n) is 7.10. The van der Waals surface area contributed by atoms with E-state index >= 15 is 0 Å². The molecule has 0 spiro atoms. The molecule has 4 heterocycles. The molecule has 0 saturated carbocycles. The Balaban J connectivity index is 1.40. The number of likely N-dealkylation sites (tertiary alicyclic amines) is 1. The normalized spacial score (nSPS) is 24.7. The quantitative estimate of drug-likeness (QED) is 0.551. The molecule has 35 heavy (non-hydrogen) atoms. The summed E-state index contributed by atoms with van der Waals surface area (Å²) >= 11 is 1.67. The highest BCUT2D eigenvalue weighted by molar-refractivity contribution is 7.10. The van der Waals surface area contributed by atoms with Crippen molar-refractivity contribution in [1.29, 1.82) is 0 Å². The zero-order valence-electron chi connectivity index (χ0n) is 19.8. The average molecular weight is 487 g/mol. The average Bonchev–Trinajstić information content (AvgIpc) is 3.56. The maximum atomic E-state index is 6.37. The molecule has 0 amide bonds. The van der Waals surface area contributed by atoms with Crippen molar-refractivity contribution in [1.82, 2.24) is 9.91 Å². The number of hydrogen-bond acceptors (Lipinski definition) is 8. The number of nitrogens with one attached hydrogen (secondary N) is 1. The number of rotatable bonds is 5. The monoisotopic (exact) mass is 486 g/mol. The molecule has 3 N–H and O–H groups in total. The summed E-state index contributed by atoms with van der Waals surface area (Å²) in [5.74, 6) is 1.27. The van der Waals surface area contributed by atoms with Gasteiger partial charge in [-0.2, -0.15) is 5.10 Å². The van der Waals surface area contributed by atoms with E-state index in [1.54, 1.807) is 11.3 Å². The summed E-state index contributed by atoms with van der Waals surface area (Å²) in [7, 11) is 2.16. The second kappa shape index (κ2) is 9.02. The van der Waals surface area contributed by atoms with Crippen molar-refractivity contribution in [3.8, 4) is 5.75 Å². The van der Waals surface area contributed by atoms with Gasteiger partial charge in [-0.1, -0.05) is 42.5 Å². The molecule has 7 nitrogen and oxygen atoms in total. The summed E-state index contributed by atoms with van der Waals surface area (Å²) in [6.07, 6.45) is 5.15. The molecule has 1 fully saturated rings. The molecule has 6 rings (SSSR count). The zero-order chi connectivity index (χ0) is 23.8. The van der Waals surface area contributed by atoms with Crippen LogP contribution in [0, 0.1) is 0 Å². The molecular weight excluding hydrogens is 456 g/mol. The Hall–Kier alpha value is -3.36.